The van der Waals surface area contributed by atoms with Gasteiger partial charge in [0.2, 0.25) is 0 Å². The number of hydrogen-bond acceptors (Lipinski definition) is 6. The highest BCUT2D eigenvalue weighted by Gasteiger charge is 2.34. The molecule has 1 unspecified atom stereocenters. The first-order valence-electron chi connectivity index (χ1n) is 12.7. The van der Waals surface area contributed by atoms with Gasteiger partial charge in [0.25, 0.3) is 0 Å². The molecule has 0 radical (unpaired) electrons. The van der Waals surface area contributed by atoms with Gasteiger partial charge in [-0.15, -0.1) is 0 Å². The highest BCUT2D eigenvalue weighted by Crippen LogP contribution is 2.40. The molecule has 0 spiro atoms. The number of aromatic hydroxyl groups is 1. The summed E-state index contributed by atoms with van der Waals surface area (Å²) in [5, 5.41) is 20.6. The number of hydrogen-bond donors (Lipinski definition) is 2. The van der Waals surface area contributed by atoms with Crippen molar-refractivity contribution in [1.82, 2.24) is 9.88 Å². The van der Waals surface area contributed by atoms with Gasteiger partial charge in [-0.25, -0.2) is 0 Å². The minimum Gasteiger partial charge on any atom is -0.508 e. The Hall–Kier alpha value is -2.96. The first kappa shape index (κ1) is 23.8. The van der Waals surface area contributed by atoms with E-state index in [0.717, 1.165) is 72.1 Å². The number of fused-ring (bicyclic) bond motifs is 1. The molecule has 3 aromatic rings. The van der Waals surface area contributed by atoms with Crippen LogP contribution < -0.4 is 4.90 Å². The second-order valence-corrected chi connectivity index (χ2v) is 10.4. The molecule has 2 heterocycles. The van der Waals surface area contributed by atoms with Gasteiger partial charge in [0.15, 0.2) is 5.78 Å². The van der Waals surface area contributed by atoms with Gasteiger partial charge in [0.1, 0.15) is 5.75 Å². The number of carbonyl (C=O) groups excluding carboxylic acids is 1. The minimum atomic E-state index is -0.222. The van der Waals surface area contributed by atoms with Crippen molar-refractivity contribution in [2.24, 2.45) is 11.8 Å². The molecule has 35 heavy (non-hydrogen) atoms. The molecule has 2 fully saturated rings. The topological polar surface area (TPSA) is 76.9 Å². The van der Waals surface area contributed by atoms with Crippen LogP contribution in [-0.2, 0) is 6.61 Å². The number of piperidine rings is 1. The highest BCUT2D eigenvalue weighted by atomic mass is 16.3. The molecule has 2 N–H and O–H groups in total. The van der Waals surface area contributed by atoms with Crippen molar-refractivity contribution in [2.45, 2.75) is 45.3 Å². The van der Waals surface area contributed by atoms with E-state index in [1.807, 2.05) is 24.3 Å². The first-order chi connectivity index (χ1) is 16.9. The Morgan fingerprint density at radius 2 is 1.77 bits per heavy atom. The molecule has 184 valence electrons. The SMILES string of the molecule is CC(C1CCN(c2c(C(=O)C3CC3)cnc3ccc(-c4ccc(O)c(CO)c4)cc23)CC1)N(C)C. The number of carbonyl (C=O) groups is 1. The summed E-state index contributed by atoms with van der Waals surface area (Å²) in [4.78, 5) is 22.7. The van der Waals surface area contributed by atoms with Gasteiger partial charge in [-0.05, 0) is 88.0 Å². The summed E-state index contributed by atoms with van der Waals surface area (Å²) in [6.07, 6.45) is 5.92. The van der Waals surface area contributed by atoms with E-state index in [1.165, 1.54) is 0 Å². The quantitative estimate of drug-likeness (QED) is 0.478. The van der Waals surface area contributed by atoms with Crippen molar-refractivity contribution >= 4 is 22.4 Å². The van der Waals surface area contributed by atoms with Crippen LogP contribution in [0.15, 0.2) is 42.6 Å². The third kappa shape index (κ3) is 4.65. The molecular weight excluding hydrogens is 438 g/mol. The zero-order valence-electron chi connectivity index (χ0n) is 20.9. The first-order valence-corrected chi connectivity index (χ1v) is 12.7. The predicted molar refractivity (Wildman–Crippen MR) is 140 cm³/mol. The number of ketones is 1. The molecule has 0 amide bonds. The molecule has 6 heteroatoms. The van der Waals surface area contributed by atoms with E-state index in [9.17, 15) is 15.0 Å². The number of phenols is 1. The summed E-state index contributed by atoms with van der Waals surface area (Å²) in [7, 11) is 4.29. The number of Topliss-reactive ketones (excluding diaryl/α,β-unsaturated/α-hetero) is 1. The maximum absolute atomic E-state index is 13.3. The number of aliphatic hydroxyl groups is 1. The maximum atomic E-state index is 13.3. The predicted octanol–water partition coefficient (Wildman–Crippen LogP) is 4.86. The lowest BCUT2D eigenvalue weighted by molar-refractivity contribution is 0.0967. The third-order valence-corrected chi connectivity index (χ3v) is 7.99. The molecule has 6 nitrogen and oxygen atoms in total. The van der Waals surface area contributed by atoms with Gasteiger partial charge in [0, 0.05) is 42.2 Å². The average molecular weight is 474 g/mol. The lowest BCUT2D eigenvalue weighted by Gasteiger charge is -2.39. The van der Waals surface area contributed by atoms with Crippen molar-refractivity contribution in [3.8, 4) is 16.9 Å². The van der Waals surface area contributed by atoms with Crippen LogP contribution in [-0.4, -0.2) is 59.1 Å². The van der Waals surface area contributed by atoms with Crippen LogP contribution in [0.1, 0.15) is 48.5 Å². The summed E-state index contributed by atoms with van der Waals surface area (Å²) in [6, 6.07) is 12.0. The fraction of sp³-hybridized carbons (Fsp3) is 0.448. The normalized spacial score (nSPS) is 17.8. The number of benzene rings is 2. The highest BCUT2D eigenvalue weighted by molar-refractivity contribution is 6.10. The van der Waals surface area contributed by atoms with Crippen LogP contribution in [0.2, 0.25) is 0 Å². The molecule has 5 rings (SSSR count). The number of aliphatic hydroxyl groups excluding tert-OH is 1. The number of aromatic nitrogens is 1. The van der Waals surface area contributed by atoms with E-state index in [-0.39, 0.29) is 24.1 Å². The maximum Gasteiger partial charge on any atom is 0.169 e. The standard InChI is InChI=1S/C29H35N3O3/c1-18(31(2)3)19-10-12-32(13-11-19)28-24-15-22(21-7-9-27(34)23(14-21)17-33)6-8-26(24)30-16-25(28)29(35)20-4-5-20/h6-9,14-16,18-20,33-34H,4-5,10-13,17H2,1-3H3. The smallest absolute Gasteiger partial charge is 0.169 e. The van der Waals surface area contributed by atoms with Crippen LogP contribution in [0.25, 0.3) is 22.0 Å². The van der Waals surface area contributed by atoms with Gasteiger partial charge in [0.05, 0.1) is 23.4 Å². The summed E-state index contributed by atoms with van der Waals surface area (Å²) >= 11 is 0. The van der Waals surface area contributed by atoms with Gasteiger partial charge >= 0.3 is 0 Å². The molecule has 1 aliphatic heterocycles. The molecule has 2 aromatic carbocycles. The second-order valence-electron chi connectivity index (χ2n) is 10.4. The lowest BCUT2D eigenvalue weighted by Crippen LogP contribution is -2.42. The Morgan fingerprint density at radius 1 is 1.09 bits per heavy atom. The number of anilines is 1. The Bertz CT molecular complexity index is 1240. The van der Waals surface area contributed by atoms with E-state index < -0.39 is 0 Å². The summed E-state index contributed by atoms with van der Waals surface area (Å²) in [6.45, 7) is 3.92. The van der Waals surface area contributed by atoms with E-state index >= 15 is 0 Å². The van der Waals surface area contributed by atoms with Crippen molar-refractivity contribution in [2.75, 3.05) is 32.1 Å². The van der Waals surface area contributed by atoms with Crippen LogP contribution >= 0.6 is 0 Å². The third-order valence-electron chi connectivity index (χ3n) is 7.99. The minimum absolute atomic E-state index is 0.0894. The van der Waals surface area contributed by atoms with Gasteiger partial charge in [-0.1, -0.05) is 12.1 Å². The number of rotatable bonds is 7. The fourth-order valence-electron chi connectivity index (χ4n) is 5.36. The average Bonchev–Trinajstić information content (AvgIpc) is 3.73. The van der Waals surface area contributed by atoms with E-state index in [4.69, 9.17) is 0 Å². The van der Waals surface area contributed by atoms with E-state index in [1.54, 1.807) is 12.3 Å². The molecule has 0 bridgehead atoms. The molecule has 2 aliphatic rings. The van der Waals surface area contributed by atoms with Crippen molar-refractivity contribution < 1.29 is 15.0 Å². The van der Waals surface area contributed by atoms with Gasteiger partial charge in [-0.2, -0.15) is 0 Å². The van der Waals surface area contributed by atoms with Crippen molar-refractivity contribution in [1.29, 1.82) is 0 Å². The molecule has 1 saturated heterocycles. The molecular formula is C29H35N3O3. The van der Waals surface area contributed by atoms with E-state index in [2.05, 4.69) is 41.9 Å². The molecule has 1 saturated carbocycles. The Labute approximate surface area is 207 Å². The van der Waals surface area contributed by atoms with Gasteiger partial charge < -0.3 is 20.0 Å². The van der Waals surface area contributed by atoms with Crippen molar-refractivity contribution in [3.63, 3.8) is 0 Å². The Kier molecular flexibility index (Phi) is 6.51. The van der Waals surface area contributed by atoms with Crippen molar-refractivity contribution in [3.05, 3.63) is 53.7 Å². The number of nitrogens with zero attached hydrogens (tertiary/aromatic N) is 3. The molecule has 1 atom stereocenters. The molecule has 1 aromatic heterocycles. The van der Waals surface area contributed by atoms with Crippen LogP contribution in [0.4, 0.5) is 5.69 Å². The largest absolute Gasteiger partial charge is 0.508 e. The fourth-order valence-corrected chi connectivity index (χ4v) is 5.36. The zero-order chi connectivity index (χ0) is 24.7. The van der Waals surface area contributed by atoms with Gasteiger partial charge in [-0.3, -0.25) is 9.78 Å². The monoisotopic (exact) mass is 473 g/mol. The van der Waals surface area contributed by atoms with Crippen LogP contribution in [0.3, 0.4) is 0 Å². The Morgan fingerprint density at radius 3 is 2.43 bits per heavy atom. The second kappa shape index (κ2) is 9.59. The summed E-state index contributed by atoms with van der Waals surface area (Å²) in [5.41, 5.74) is 5.03. The lowest BCUT2D eigenvalue weighted by atomic mass is 9.88. The zero-order valence-corrected chi connectivity index (χ0v) is 20.9. The van der Waals surface area contributed by atoms with Crippen LogP contribution in [0.5, 0.6) is 5.75 Å². The summed E-state index contributed by atoms with van der Waals surface area (Å²) in [5.74, 6) is 1.08. The molecule has 1 aliphatic carbocycles. The van der Waals surface area contributed by atoms with E-state index in [0.29, 0.717) is 17.5 Å². The van der Waals surface area contributed by atoms with Crippen LogP contribution in [0, 0.1) is 11.8 Å². The summed E-state index contributed by atoms with van der Waals surface area (Å²) < 4.78 is 0. The number of pyridine rings is 1. The Balaban J connectivity index is 1.58.